The van der Waals surface area contributed by atoms with Crippen molar-refractivity contribution in [1.82, 2.24) is 10.6 Å². The molecule has 0 fully saturated rings. The van der Waals surface area contributed by atoms with Crippen LogP contribution in [-0.4, -0.2) is 45.7 Å². The summed E-state index contributed by atoms with van der Waals surface area (Å²) >= 11 is 0. The highest BCUT2D eigenvalue weighted by atomic mass is 16.5. The fourth-order valence-electron chi connectivity index (χ4n) is 2.65. The average Bonchev–Trinajstić information content (AvgIpc) is 2.70. The summed E-state index contributed by atoms with van der Waals surface area (Å²) in [5, 5.41) is 9.23. The van der Waals surface area contributed by atoms with Crippen LogP contribution in [0.1, 0.15) is 12.5 Å². The van der Waals surface area contributed by atoms with Crippen LogP contribution in [0.15, 0.2) is 53.5 Å². The second kappa shape index (κ2) is 11.5. The van der Waals surface area contributed by atoms with Crippen molar-refractivity contribution < 1.29 is 14.3 Å². The number of rotatable bonds is 9. The molecule has 7 heteroatoms. The number of hydrogen-bond acceptors (Lipinski definition) is 4. The maximum atomic E-state index is 11.1. The van der Waals surface area contributed by atoms with Crippen LogP contribution in [0.4, 0.5) is 5.69 Å². The Labute approximate surface area is 166 Å². The fraction of sp³-hybridized carbons (Fsp3) is 0.333. The number of hydrogen-bond donors (Lipinski definition) is 3. The highest BCUT2D eigenvalue weighted by molar-refractivity contribution is 5.88. The number of carbonyl (C=O) groups excluding carboxylic acids is 1. The molecule has 0 aliphatic carbocycles. The molecule has 0 aromatic heterocycles. The molecule has 0 aliphatic rings. The zero-order chi connectivity index (χ0) is 20.2. The van der Waals surface area contributed by atoms with E-state index < -0.39 is 0 Å². The molecule has 150 valence electrons. The molecule has 2 rings (SSSR count). The van der Waals surface area contributed by atoms with Crippen molar-refractivity contribution >= 4 is 17.6 Å². The topological polar surface area (TPSA) is 84.0 Å². The third-order valence-electron chi connectivity index (χ3n) is 3.92. The number of anilines is 1. The van der Waals surface area contributed by atoms with E-state index in [-0.39, 0.29) is 5.91 Å². The Morgan fingerprint density at radius 2 is 1.86 bits per heavy atom. The van der Waals surface area contributed by atoms with Crippen LogP contribution in [-0.2, 0) is 11.2 Å². The summed E-state index contributed by atoms with van der Waals surface area (Å²) < 4.78 is 11.1. The maximum absolute atomic E-state index is 11.1. The van der Waals surface area contributed by atoms with Crippen LogP contribution < -0.4 is 25.4 Å². The van der Waals surface area contributed by atoms with Gasteiger partial charge in [0.1, 0.15) is 18.1 Å². The summed E-state index contributed by atoms with van der Waals surface area (Å²) in [4.78, 5) is 15.3. The molecule has 2 aromatic carbocycles. The number of amides is 1. The third kappa shape index (κ3) is 7.19. The molecule has 1 amide bonds. The molecule has 0 heterocycles. The first-order valence-corrected chi connectivity index (χ1v) is 9.19. The van der Waals surface area contributed by atoms with Crippen LogP contribution in [0.5, 0.6) is 11.5 Å². The predicted octanol–water partition coefficient (Wildman–Crippen LogP) is 2.44. The number of nitrogens with one attached hydrogen (secondary N) is 3. The van der Waals surface area contributed by atoms with E-state index in [4.69, 9.17) is 9.47 Å². The lowest BCUT2D eigenvalue weighted by Gasteiger charge is -2.14. The average molecular weight is 384 g/mol. The van der Waals surface area contributed by atoms with Crippen molar-refractivity contribution in [3.05, 3.63) is 54.1 Å². The third-order valence-corrected chi connectivity index (χ3v) is 3.92. The van der Waals surface area contributed by atoms with Gasteiger partial charge in [0.2, 0.25) is 5.91 Å². The Bertz CT molecular complexity index is 793. The molecule has 0 atom stereocenters. The first-order valence-electron chi connectivity index (χ1n) is 9.19. The number of nitrogens with zero attached hydrogens (tertiary/aromatic N) is 1. The van der Waals surface area contributed by atoms with Crippen LogP contribution in [0.2, 0.25) is 0 Å². The van der Waals surface area contributed by atoms with Gasteiger partial charge in [0.15, 0.2) is 5.96 Å². The molecule has 2 aromatic rings. The van der Waals surface area contributed by atoms with Crippen LogP contribution in [0.3, 0.4) is 0 Å². The number of aliphatic imine (C=N–C) groups is 1. The fourth-order valence-corrected chi connectivity index (χ4v) is 2.65. The van der Waals surface area contributed by atoms with Crippen molar-refractivity contribution in [1.29, 1.82) is 0 Å². The maximum Gasteiger partial charge on any atom is 0.221 e. The lowest BCUT2D eigenvalue weighted by Crippen LogP contribution is -2.40. The lowest BCUT2D eigenvalue weighted by atomic mass is 10.1. The highest BCUT2D eigenvalue weighted by Gasteiger charge is 2.03. The quantitative estimate of drug-likeness (QED) is 0.351. The molecular weight excluding hydrogens is 356 g/mol. The van der Waals surface area contributed by atoms with Gasteiger partial charge in [0.25, 0.3) is 0 Å². The molecule has 0 bridgehead atoms. The molecule has 0 radical (unpaired) electrons. The van der Waals surface area contributed by atoms with E-state index in [1.54, 1.807) is 20.2 Å². The summed E-state index contributed by atoms with van der Waals surface area (Å²) in [5.74, 6) is 2.20. The van der Waals surface area contributed by atoms with E-state index in [1.807, 2.05) is 36.4 Å². The minimum atomic E-state index is -0.109. The predicted molar refractivity (Wildman–Crippen MR) is 112 cm³/mol. The van der Waals surface area contributed by atoms with Gasteiger partial charge in [-0.05, 0) is 30.2 Å². The molecule has 0 saturated carbocycles. The first-order chi connectivity index (χ1) is 13.6. The highest BCUT2D eigenvalue weighted by Crippen LogP contribution is 2.17. The molecule has 0 spiro atoms. The summed E-state index contributed by atoms with van der Waals surface area (Å²) in [6, 6.07) is 15.3. The zero-order valence-electron chi connectivity index (χ0n) is 16.6. The SMILES string of the molecule is CN=C(NCCOc1cccc(NC(C)=O)c1)NCCc1ccccc1OC. The Morgan fingerprint density at radius 3 is 2.61 bits per heavy atom. The minimum Gasteiger partial charge on any atom is -0.496 e. The zero-order valence-corrected chi connectivity index (χ0v) is 16.6. The van der Waals surface area contributed by atoms with Gasteiger partial charge in [-0.2, -0.15) is 0 Å². The second-order valence-corrected chi connectivity index (χ2v) is 6.05. The molecule has 0 unspecified atom stereocenters. The number of carbonyl (C=O) groups is 1. The summed E-state index contributed by atoms with van der Waals surface area (Å²) in [7, 11) is 3.41. The van der Waals surface area contributed by atoms with Gasteiger partial charge >= 0.3 is 0 Å². The van der Waals surface area contributed by atoms with Gasteiger partial charge in [-0.15, -0.1) is 0 Å². The Balaban J connectivity index is 1.70. The Morgan fingerprint density at radius 1 is 1.07 bits per heavy atom. The summed E-state index contributed by atoms with van der Waals surface area (Å²) in [5.41, 5.74) is 1.86. The monoisotopic (exact) mass is 384 g/mol. The lowest BCUT2D eigenvalue weighted by molar-refractivity contribution is -0.114. The molecule has 28 heavy (non-hydrogen) atoms. The standard InChI is InChI=1S/C21H28N4O3/c1-16(26)25-18-8-6-9-19(15-18)28-14-13-24-21(22-2)23-12-11-17-7-4-5-10-20(17)27-3/h4-10,15H,11-14H2,1-3H3,(H,25,26)(H2,22,23,24). The molecule has 7 nitrogen and oxygen atoms in total. The van der Waals surface area contributed by atoms with Gasteiger partial charge in [0, 0.05) is 32.3 Å². The van der Waals surface area contributed by atoms with E-state index >= 15 is 0 Å². The van der Waals surface area contributed by atoms with Crippen LogP contribution in [0.25, 0.3) is 0 Å². The van der Waals surface area contributed by atoms with Crippen LogP contribution in [0, 0.1) is 0 Å². The van der Waals surface area contributed by atoms with E-state index in [9.17, 15) is 4.79 Å². The summed E-state index contributed by atoms with van der Waals surface area (Å²) in [6.07, 6.45) is 0.831. The van der Waals surface area contributed by atoms with Crippen molar-refractivity contribution in [3.63, 3.8) is 0 Å². The number of ether oxygens (including phenoxy) is 2. The number of para-hydroxylation sites is 1. The molecule has 0 saturated heterocycles. The molecule has 0 aliphatic heterocycles. The van der Waals surface area contributed by atoms with E-state index in [0.29, 0.717) is 30.5 Å². The molecular formula is C21H28N4O3. The van der Waals surface area contributed by atoms with Crippen molar-refractivity contribution in [3.8, 4) is 11.5 Å². The Kier molecular flexibility index (Phi) is 8.65. The van der Waals surface area contributed by atoms with Crippen molar-refractivity contribution in [2.24, 2.45) is 4.99 Å². The largest absolute Gasteiger partial charge is 0.496 e. The smallest absolute Gasteiger partial charge is 0.221 e. The minimum absolute atomic E-state index is 0.109. The van der Waals surface area contributed by atoms with Crippen molar-refractivity contribution in [2.45, 2.75) is 13.3 Å². The van der Waals surface area contributed by atoms with E-state index in [2.05, 4.69) is 27.0 Å². The van der Waals surface area contributed by atoms with Gasteiger partial charge < -0.3 is 25.4 Å². The second-order valence-electron chi connectivity index (χ2n) is 6.05. The number of guanidine groups is 1. The van der Waals surface area contributed by atoms with Gasteiger partial charge in [-0.25, -0.2) is 0 Å². The Hall–Kier alpha value is -3.22. The van der Waals surface area contributed by atoms with Gasteiger partial charge in [0.05, 0.1) is 13.7 Å². The van der Waals surface area contributed by atoms with Crippen molar-refractivity contribution in [2.75, 3.05) is 39.2 Å². The van der Waals surface area contributed by atoms with E-state index in [0.717, 1.165) is 24.3 Å². The van der Waals surface area contributed by atoms with Gasteiger partial charge in [-0.1, -0.05) is 24.3 Å². The number of methoxy groups -OCH3 is 1. The molecule has 3 N–H and O–H groups in total. The normalized spacial score (nSPS) is 10.9. The summed E-state index contributed by atoms with van der Waals surface area (Å²) in [6.45, 7) is 3.28. The van der Waals surface area contributed by atoms with E-state index in [1.165, 1.54) is 6.92 Å². The van der Waals surface area contributed by atoms with Crippen LogP contribution >= 0.6 is 0 Å². The number of benzene rings is 2. The van der Waals surface area contributed by atoms with Gasteiger partial charge in [-0.3, -0.25) is 9.79 Å². The first kappa shape index (κ1) is 21.1.